The van der Waals surface area contributed by atoms with E-state index in [1.54, 1.807) is 0 Å². The first-order valence-electron chi connectivity index (χ1n) is 8.36. The monoisotopic (exact) mass is 273 g/mol. The van der Waals surface area contributed by atoms with Gasteiger partial charge in [0.25, 0.3) is 0 Å². The first-order valence-corrected chi connectivity index (χ1v) is 8.36. The number of nitrogens with zero attached hydrogens (tertiary/aromatic N) is 2. The van der Waals surface area contributed by atoms with Crippen molar-refractivity contribution in [3.8, 4) is 0 Å². The second-order valence-corrected chi connectivity index (χ2v) is 8.10. The summed E-state index contributed by atoms with van der Waals surface area (Å²) < 4.78 is 2.50. The molecule has 4 saturated carbocycles. The molecule has 0 radical (unpaired) electrons. The summed E-state index contributed by atoms with van der Waals surface area (Å²) in [4.78, 5) is 4.47. The minimum Gasteiger partial charge on any atom is -0.327 e. The first kappa shape index (κ1) is 12.9. The quantitative estimate of drug-likeness (QED) is 0.916. The van der Waals surface area contributed by atoms with Crippen LogP contribution < -0.4 is 5.73 Å². The van der Waals surface area contributed by atoms with Gasteiger partial charge in [-0.3, -0.25) is 0 Å². The van der Waals surface area contributed by atoms with E-state index in [4.69, 9.17) is 5.73 Å². The molecule has 1 atom stereocenters. The summed E-state index contributed by atoms with van der Waals surface area (Å²) in [6.07, 6.45) is 12.7. The van der Waals surface area contributed by atoms with E-state index in [2.05, 4.69) is 29.7 Å². The zero-order valence-corrected chi connectivity index (χ0v) is 12.8. The van der Waals surface area contributed by atoms with Crippen LogP contribution in [0.25, 0.3) is 0 Å². The lowest BCUT2D eigenvalue weighted by atomic mass is 9.53. The Bertz CT molecular complexity index is 467. The zero-order valence-electron chi connectivity index (χ0n) is 12.8. The van der Waals surface area contributed by atoms with Crippen molar-refractivity contribution in [2.45, 2.75) is 64.0 Å². The summed E-state index contributed by atoms with van der Waals surface area (Å²) >= 11 is 0. The highest BCUT2D eigenvalue weighted by Gasteiger charge is 2.52. The van der Waals surface area contributed by atoms with Crippen LogP contribution >= 0.6 is 0 Å². The van der Waals surface area contributed by atoms with Gasteiger partial charge in [0.1, 0.15) is 0 Å². The normalized spacial score (nSPS) is 40.5. The molecule has 20 heavy (non-hydrogen) atoms. The molecule has 0 aromatic carbocycles. The third-order valence-electron chi connectivity index (χ3n) is 6.24. The summed E-state index contributed by atoms with van der Waals surface area (Å²) in [5.41, 5.74) is 8.06. The van der Waals surface area contributed by atoms with Crippen LogP contribution in [-0.2, 0) is 5.54 Å². The molecule has 3 nitrogen and oxygen atoms in total. The van der Waals surface area contributed by atoms with Crippen LogP contribution in [0.15, 0.2) is 12.5 Å². The largest absolute Gasteiger partial charge is 0.327 e. The Hall–Kier alpha value is -0.830. The van der Waals surface area contributed by atoms with Gasteiger partial charge in [0.15, 0.2) is 0 Å². The zero-order chi connectivity index (χ0) is 13.9. The number of aromatic nitrogens is 2. The topological polar surface area (TPSA) is 43.8 Å². The Kier molecular flexibility index (Phi) is 2.79. The molecule has 1 aromatic heterocycles. The van der Waals surface area contributed by atoms with Gasteiger partial charge >= 0.3 is 0 Å². The fraction of sp³-hybridized carbons (Fsp3) is 0.824. The van der Waals surface area contributed by atoms with Crippen molar-refractivity contribution in [1.29, 1.82) is 0 Å². The summed E-state index contributed by atoms with van der Waals surface area (Å²) in [6.45, 7) is 4.42. The summed E-state index contributed by atoms with van der Waals surface area (Å²) in [7, 11) is 0. The molecular weight excluding hydrogens is 246 g/mol. The number of rotatable bonds is 3. The van der Waals surface area contributed by atoms with Gasteiger partial charge in [0, 0.05) is 17.8 Å². The highest BCUT2D eigenvalue weighted by molar-refractivity contribution is 5.14. The van der Waals surface area contributed by atoms with Gasteiger partial charge < -0.3 is 10.3 Å². The van der Waals surface area contributed by atoms with Crippen molar-refractivity contribution < 1.29 is 0 Å². The van der Waals surface area contributed by atoms with Crippen LogP contribution in [0.1, 0.15) is 64.1 Å². The lowest BCUT2D eigenvalue weighted by molar-refractivity contribution is -0.0449. The molecule has 0 saturated heterocycles. The van der Waals surface area contributed by atoms with Gasteiger partial charge in [-0.1, -0.05) is 13.8 Å². The predicted molar refractivity (Wildman–Crippen MR) is 80.1 cm³/mol. The van der Waals surface area contributed by atoms with E-state index in [9.17, 15) is 0 Å². The minimum atomic E-state index is 0.116. The van der Waals surface area contributed by atoms with Gasteiger partial charge in [0.2, 0.25) is 0 Å². The molecule has 2 N–H and O–H groups in total. The van der Waals surface area contributed by atoms with Crippen molar-refractivity contribution in [3.05, 3.63) is 18.2 Å². The van der Waals surface area contributed by atoms with Crippen LogP contribution in [0.2, 0.25) is 0 Å². The van der Waals surface area contributed by atoms with Crippen molar-refractivity contribution >= 4 is 0 Å². The van der Waals surface area contributed by atoms with Gasteiger partial charge in [-0.2, -0.15) is 0 Å². The molecule has 5 rings (SSSR count). The maximum Gasteiger partial charge on any atom is 0.0953 e. The van der Waals surface area contributed by atoms with E-state index in [0.29, 0.717) is 11.5 Å². The average molecular weight is 273 g/mol. The first-order chi connectivity index (χ1) is 9.57. The van der Waals surface area contributed by atoms with Crippen LogP contribution in [0, 0.1) is 23.7 Å². The van der Waals surface area contributed by atoms with Gasteiger partial charge in [-0.05, 0) is 62.2 Å². The number of hydrogen-bond donors (Lipinski definition) is 1. The van der Waals surface area contributed by atoms with E-state index in [-0.39, 0.29) is 6.04 Å². The maximum absolute atomic E-state index is 6.44. The van der Waals surface area contributed by atoms with Crippen molar-refractivity contribution in [3.63, 3.8) is 0 Å². The number of imidazole rings is 1. The molecular formula is C17H27N3. The summed E-state index contributed by atoms with van der Waals surface area (Å²) in [5, 5.41) is 0. The number of hydrogen-bond acceptors (Lipinski definition) is 2. The third kappa shape index (κ3) is 1.78. The summed E-state index contributed by atoms with van der Waals surface area (Å²) in [5.74, 6) is 3.37. The second-order valence-electron chi connectivity index (χ2n) is 8.10. The average Bonchev–Trinajstić information content (AvgIpc) is 2.85. The molecule has 1 aromatic rings. The van der Waals surface area contributed by atoms with Crippen LogP contribution in [0.5, 0.6) is 0 Å². The van der Waals surface area contributed by atoms with Crippen LogP contribution in [0.4, 0.5) is 0 Å². The lowest BCUT2D eigenvalue weighted by Gasteiger charge is -2.57. The molecule has 1 heterocycles. The smallest absolute Gasteiger partial charge is 0.0953 e. The molecule has 4 aliphatic carbocycles. The lowest BCUT2D eigenvalue weighted by Crippen LogP contribution is -2.52. The minimum absolute atomic E-state index is 0.116. The van der Waals surface area contributed by atoms with E-state index in [0.717, 1.165) is 17.8 Å². The van der Waals surface area contributed by atoms with E-state index >= 15 is 0 Å². The van der Waals surface area contributed by atoms with Gasteiger partial charge in [-0.25, -0.2) is 4.98 Å². The van der Waals surface area contributed by atoms with E-state index in [1.807, 2.05) is 6.20 Å². The predicted octanol–water partition coefficient (Wildman–Crippen LogP) is 3.46. The molecule has 0 aliphatic heterocycles. The highest BCUT2D eigenvalue weighted by atomic mass is 15.1. The van der Waals surface area contributed by atoms with Crippen molar-refractivity contribution in [2.24, 2.45) is 29.4 Å². The fourth-order valence-electron chi connectivity index (χ4n) is 5.65. The molecule has 3 heteroatoms. The second kappa shape index (κ2) is 4.33. The number of nitrogens with two attached hydrogens (primary N) is 1. The van der Waals surface area contributed by atoms with Crippen molar-refractivity contribution in [2.75, 3.05) is 0 Å². The molecule has 4 aliphatic rings. The Morgan fingerprint density at radius 2 is 1.70 bits per heavy atom. The summed E-state index contributed by atoms with van der Waals surface area (Å²) in [6, 6.07) is 0.116. The third-order valence-corrected chi connectivity index (χ3v) is 6.24. The Labute approximate surface area is 122 Å². The molecule has 0 amide bonds. The van der Waals surface area contributed by atoms with E-state index < -0.39 is 0 Å². The van der Waals surface area contributed by atoms with Crippen LogP contribution in [-0.4, -0.2) is 9.55 Å². The molecule has 4 fully saturated rings. The van der Waals surface area contributed by atoms with Crippen LogP contribution in [0.3, 0.4) is 0 Å². The SMILES string of the molecule is CC(C)C(N)c1cncn1C12CC3CC(CC(C3)C1)C2. The van der Waals surface area contributed by atoms with Gasteiger partial charge in [0.05, 0.1) is 12.0 Å². The molecule has 1 unspecified atom stereocenters. The molecule has 110 valence electrons. The maximum atomic E-state index is 6.44. The molecule has 4 bridgehead atoms. The Morgan fingerprint density at radius 3 is 2.20 bits per heavy atom. The molecule has 0 spiro atoms. The Morgan fingerprint density at radius 1 is 1.15 bits per heavy atom. The van der Waals surface area contributed by atoms with Gasteiger partial charge in [-0.15, -0.1) is 0 Å². The fourth-order valence-corrected chi connectivity index (χ4v) is 5.65. The standard InChI is InChI=1S/C17H27N3/c1-11(2)16(18)15-9-19-10-20(15)17-6-12-3-13(7-17)5-14(4-12)8-17/h9-14,16H,3-8,18H2,1-2H3. The Balaban J connectivity index is 1.73. The van der Waals surface area contributed by atoms with E-state index in [1.165, 1.54) is 44.2 Å². The van der Waals surface area contributed by atoms with Crippen molar-refractivity contribution in [1.82, 2.24) is 9.55 Å². The highest BCUT2D eigenvalue weighted by Crippen LogP contribution is 2.59.